The van der Waals surface area contributed by atoms with Crippen LogP contribution in [0.3, 0.4) is 0 Å². The molecule has 4 atom stereocenters. The molecule has 0 amide bonds. The van der Waals surface area contributed by atoms with Crippen molar-refractivity contribution in [2.24, 2.45) is 17.8 Å². The summed E-state index contributed by atoms with van der Waals surface area (Å²) < 4.78 is 0. The van der Waals surface area contributed by atoms with Gasteiger partial charge in [-0.05, 0) is 75.9 Å². The zero-order chi connectivity index (χ0) is 10.5. The fourth-order valence-electron chi connectivity index (χ4n) is 4.95. The normalized spacial score (nSPS) is 55.5. The van der Waals surface area contributed by atoms with Crippen LogP contribution in [0.25, 0.3) is 0 Å². The molecule has 0 aromatic heterocycles. The van der Waals surface area contributed by atoms with Crippen LogP contribution in [0.2, 0.25) is 0 Å². The number of hydrogen-bond acceptors (Lipinski definition) is 2. The molecule has 1 saturated carbocycles. The zero-order valence-electron chi connectivity index (χ0n) is 10.2. The minimum Gasteiger partial charge on any atom is -0.314 e. The van der Waals surface area contributed by atoms with Gasteiger partial charge < -0.3 is 10.2 Å². The minimum atomic E-state index is 0.872. The van der Waals surface area contributed by atoms with Crippen molar-refractivity contribution in [2.75, 3.05) is 19.6 Å². The van der Waals surface area contributed by atoms with Crippen molar-refractivity contribution < 1.29 is 0 Å². The summed E-state index contributed by atoms with van der Waals surface area (Å²) in [7, 11) is 0. The second-order valence-corrected chi connectivity index (χ2v) is 6.62. The van der Waals surface area contributed by atoms with Gasteiger partial charge in [0.1, 0.15) is 0 Å². The lowest BCUT2D eigenvalue weighted by Crippen LogP contribution is -2.59. The van der Waals surface area contributed by atoms with Crippen LogP contribution in [0.5, 0.6) is 0 Å². The second kappa shape index (κ2) is 3.71. The van der Waals surface area contributed by atoms with Crippen LogP contribution in [0.4, 0.5) is 0 Å². The molecule has 5 aliphatic heterocycles. The molecule has 5 heterocycles. The van der Waals surface area contributed by atoms with Crippen LogP contribution in [0.1, 0.15) is 38.5 Å². The van der Waals surface area contributed by atoms with Crippen molar-refractivity contribution in [3.05, 3.63) is 0 Å². The van der Waals surface area contributed by atoms with E-state index in [1.807, 2.05) is 0 Å². The van der Waals surface area contributed by atoms with Crippen LogP contribution >= 0.6 is 0 Å². The van der Waals surface area contributed by atoms with E-state index in [0.29, 0.717) is 0 Å². The van der Waals surface area contributed by atoms with Crippen LogP contribution in [0, 0.1) is 17.8 Å². The molecule has 6 aliphatic rings. The van der Waals surface area contributed by atoms with E-state index < -0.39 is 0 Å². The fraction of sp³-hybridized carbons (Fsp3) is 1.00. The summed E-state index contributed by atoms with van der Waals surface area (Å²) in [4.78, 5) is 2.84. The maximum atomic E-state index is 3.71. The first kappa shape index (κ1) is 9.90. The lowest BCUT2D eigenvalue weighted by Gasteiger charge is -2.54. The summed E-state index contributed by atoms with van der Waals surface area (Å²) in [5.41, 5.74) is 0. The summed E-state index contributed by atoms with van der Waals surface area (Å²) in [6, 6.07) is 1.85. The predicted molar refractivity (Wildman–Crippen MR) is 65.3 cm³/mol. The van der Waals surface area contributed by atoms with Gasteiger partial charge in [0.15, 0.2) is 0 Å². The molecule has 0 aromatic rings. The van der Waals surface area contributed by atoms with E-state index in [2.05, 4.69) is 10.2 Å². The van der Waals surface area contributed by atoms with Crippen LogP contribution in [-0.4, -0.2) is 36.6 Å². The van der Waals surface area contributed by atoms with Gasteiger partial charge in [-0.15, -0.1) is 0 Å². The molecule has 0 radical (unpaired) electrons. The molecule has 4 unspecified atom stereocenters. The van der Waals surface area contributed by atoms with E-state index in [1.165, 1.54) is 58.2 Å². The molecular formula is C14H24N2. The van der Waals surface area contributed by atoms with Crippen LogP contribution < -0.4 is 5.32 Å². The van der Waals surface area contributed by atoms with Gasteiger partial charge in [-0.3, -0.25) is 0 Å². The highest BCUT2D eigenvalue weighted by atomic mass is 15.2. The van der Waals surface area contributed by atoms with Crippen molar-refractivity contribution in [3.8, 4) is 0 Å². The SMILES string of the molecule is C1CN2CCC1CC2C1CC2CCC1CN2. The van der Waals surface area contributed by atoms with E-state index in [9.17, 15) is 0 Å². The van der Waals surface area contributed by atoms with Crippen LogP contribution in [-0.2, 0) is 0 Å². The summed E-state index contributed by atoms with van der Waals surface area (Å²) in [5, 5.41) is 3.71. The largest absolute Gasteiger partial charge is 0.314 e. The Hall–Kier alpha value is -0.0800. The molecule has 5 saturated heterocycles. The molecule has 1 N–H and O–H groups in total. The Morgan fingerprint density at radius 1 is 0.938 bits per heavy atom. The molecule has 90 valence electrons. The first-order valence-corrected chi connectivity index (χ1v) is 7.37. The Morgan fingerprint density at radius 3 is 2.31 bits per heavy atom. The third-order valence-electron chi connectivity index (χ3n) is 5.90. The average Bonchev–Trinajstić information content (AvgIpc) is 2.41. The van der Waals surface area contributed by atoms with Crippen molar-refractivity contribution in [3.63, 3.8) is 0 Å². The van der Waals surface area contributed by atoms with Gasteiger partial charge in [0.2, 0.25) is 0 Å². The monoisotopic (exact) mass is 220 g/mol. The second-order valence-electron chi connectivity index (χ2n) is 6.62. The smallest absolute Gasteiger partial charge is 0.0130 e. The Balaban J connectivity index is 1.53. The van der Waals surface area contributed by atoms with Gasteiger partial charge in [-0.2, -0.15) is 0 Å². The first-order chi connectivity index (χ1) is 7.90. The van der Waals surface area contributed by atoms with E-state index in [4.69, 9.17) is 0 Å². The summed E-state index contributed by atoms with van der Waals surface area (Å²) in [6.45, 7) is 4.15. The first-order valence-electron chi connectivity index (χ1n) is 7.37. The number of nitrogens with zero attached hydrogens (tertiary/aromatic N) is 1. The number of fused-ring (bicyclic) bond motifs is 7. The van der Waals surface area contributed by atoms with E-state index in [1.54, 1.807) is 0 Å². The maximum absolute atomic E-state index is 3.71. The minimum absolute atomic E-state index is 0.872. The zero-order valence-corrected chi connectivity index (χ0v) is 10.2. The quantitative estimate of drug-likeness (QED) is 0.725. The Morgan fingerprint density at radius 2 is 1.81 bits per heavy atom. The highest BCUT2D eigenvalue weighted by molar-refractivity contribution is 5.00. The third kappa shape index (κ3) is 1.46. The lowest BCUT2D eigenvalue weighted by molar-refractivity contribution is -0.0280. The molecule has 6 rings (SSSR count). The molecule has 4 bridgehead atoms. The highest BCUT2D eigenvalue weighted by Crippen LogP contribution is 2.44. The number of piperidine rings is 5. The Labute approximate surface area is 98.8 Å². The van der Waals surface area contributed by atoms with Gasteiger partial charge in [0.05, 0.1) is 0 Å². The average molecular weight is 220 g/mol. The molecule has 16 heavy (non-hydrogen) atoms. The Kier molecular flexibility index (Phi) is 2.29. The number of nitrogens with one attached hydrogen (secondary N) is 1. The van der Waals surface area contributed by atoms with Crippen molar-refractivity contribution in [1.29, 1.82) is 0 Å². The topological polar surface area (TPSA) is 15.3 Å². The van der Waals surface area contributed by atoms with Crippen molar-refractivity contribution >= 4 is 0 Å². The van der Waals surface area contributed by atoms with Gasteiger partial charge in [-0.1, -0.05) is 0 Å². The van der Waals surface area contributed by atoms with Gasteiger partial charge in [-0.25, -0.2) is 0 Å². The fourth-order valence-corrected chi connectivity index (χ4v) is 4.95. The molecule has 6 fully saturated rings. The molecular weight excluding hydrogens is 196 g/mol. The van der Waals surface area contributed by atoms with Crippen molar-refractivity contribution in [2.45, 2.75) is 50.6 Å². The van der Waals surface area contributed by atoms with E-state index in [-0.39, 0.29) is 0 Å². The van der Waals surface area contributed by atoms with Gasteiger partial charge in [0.25, 0.3) is 0 Å². The van der Waals surface area contributed by atoms with E-state index >= 15 is 0 Å². The van der Waals surface area contributed by atoms with Crippen molar-refractivity contribution in [1.82, 2.24) is 10.2 Å². The Bertz CT molecular complexity index is 234. The third-order valence-corrected chi connectivity index (χ3v) is 5.90. The molecule has 0 aromatic carbocycles. The summed E-state index contributed by atoms with van der Waals surface area (Å²) in [5.74, 6) is 3.14. The van der Waals surface area contributed by atoms with Gasteiger partial charge >= 0.3 is 0 Å². The standard InChI is InChI=1S/C14H24N2/c1-2-12-8-13(11(1)9-15-12)14-7-10-3-5-16(14)6-4-10/h10-15H,1-9H2. The highest BCUT2D eigenvalue weighted by Gasteiger charge is 2.44. The summed E-state index contributed by atoms with van der Waals surface area (Å²) >= 11 is 0. The molecule has 2 heteroatoms. The lowest BCUT2D eigenvalue weighted by atomic mass is 9.66. The van der Waals surface area contributed by atoms with Crippen LogP contribution in [0.15, 0.2) is 0 Å². The molecule has 0 spiro atoms. The van der Waals surface area contributed by atoms with E-state index in [0.717, 1.165) is 29.8 Å². The molecule has 1 aliphatic carbocycles. The predicted octanol–water partition coefficient (Wildman–Crippen LogP) is 1.86. The maximum Gasteiger partial charge on any atom is 0.0130 e. The number of hydrogen-bond donors (Lipinski definition) is 1. The number of rotatable bonds is 1. The molecule has 2 nitrogen and oxygen atoms in total. The van der Waals surface area contributed by atoms with Gasteiger partial charge in [0, 0.05) is 12.1 Å². The summed E-state index contributed by atoms with van der Waals surface area (Å²) in [6.07, 6.45) is 8.98.